The molecule has 1 aliphatic rings. The third-order valence-electron chi connectivity index (χ3n) is 3.86. The Bertz CT molecular complexity index is 575. The van der Waals surface area contributed by atoms with Gasteiger partial charge in [0.15, 0.2) is 0 Å². The SMILES string of the molecule is Cc1ccccc1C(c1ccc(Cl)s1)N1CCNCC1. The molecule has 0 aliphatic carbocycles. The highest BCUT2D eigenvalue weighted by Gasteiger charge is 2.26. The Hall–Kier alpha value is -0.870. The molecule has 2 aromatic rings. The maximum Gasteiger partial charge on any atom is 0.0931 e. The lowest BCUT2D eigenvalue weighted by Gasteiger charge is -2.35. The predicted octanol–water partition coefficient (Wildman–Crippen LogP) is 3.70. The maximum absolute atomic E-state index is 6.16. The minimum Gasteiger partial charge on any atom is -0.314 e. The molecule has 1 fully saturated rings. The molecule has 0 spiro atoms. The molecule has 1 N–H and O–H groups in total. The average molecular weight is 307 g/mol. The number of thiophene rings is 1. The number of rotatable bonds is 3. The Kier molecular flexibility index (Phi) is 4.41. The van der Waals surface area contributed by atoms with Crippen LogP contribution in [0.3, 0.4) is 0 Å². The smallest absolute Gasteiger partial charge is 0.0931 e. The summed E-state index contributed by atoms with van der Waals surface area (Å²) in [6.45, 7) is 6.46. The summed E-state index contributed by atoms with van der Waals surface area (Å²) in [5.41, 5.74) is 2.74. The van der Waals surface area contributed by atoms with E-state index in [2.05, 4.69) is 47.5 Å². The van der Waals surface area contributed by atoms with Gasteiger partial charge in [-0.15, -0.1) is 11.3 Å². The van der Waals surface area contributed by atoms with Gasteiger partial charge in [-0.1, -0.05) is 35.9 Å². The van der Waals surface area contributed by atoms with Crippen LogP contribution in [-0.4, -0.2) is 31.1 Å². The second-order valence-electron chi connectivity index (χ2n) is 5.19. The highest BCUT2D eigenvalue weighted by atomic mass is 35.5. The van der Waals surface area contributed by atoms with Crippen molar-refractivity contribution in [3.8, 4) is 0 Å². The molecule has 4 heteroatoms. The summed E-state index contributed by atoms with van der Waals surface area (Å²) in [6.07, 6.45) is 0. The summed E-state index contributed by atoms with van der Waals surface area (Å²) in [4.78, 5) is 3.90. The van der Waals surface area contributed by atoms with E-state index in [1.54, 1.807) is 11.3 Å². The molecule has 2 heterocycles. The predicted molar refractivity (Wildman–Crippen MR) is 86.8 cm³/mol. The van der Waals surface area contributed by atoms with Gasteiger partial charge < -0.3 is 5.32 Å². The Morgan fingerprint density at radius 1 is 1.15 bits per heavy atom. The van der Waals surface area contributed by atoms with Gasteiger partial charge in [-0.25, -0.2) is 0 Å². The first-order valence-electron chi connectivity index (χ1n) is 7.01. The largest absolute Gasteiger partial charge is 0.314 e. The highest BCUT2D eigenvalue weighted by molar-refractivity contribution is 7.16. The lowest BCUT2D eigenvalue weighted by Crippen LogP contribution is -2.45. The summed E-state index contributed by atoms with van der Waals surface area (Å²) >= 11 is 7.85. The van der Waals surface area contributed by atoms with E-state index in [1.165, 1.54) is 16.0 Å². The third-order valence-corrected chi connectivity index (χ3v) is 5.15. The number of benzene rings is 1. The summed E-state index contributed by atoms with van der Waals surface area (Å²) < 4.78 is 0.869. The van der Waals surface area contributed by atoms with E-state index in [4.69, 9.17) is 11.6 Å². The van der Waals surface area contributed by atoms with Crippen LogP contribution >= 0.6 is 22.9 Å². The molecule has 0 saturated carbocycles. The molecule has 1 saturated heterocycles. The Morgan fingerprint density at radius 3 is 2.55 bits per heavy atom. The molecular weight excluding hydrogens is 288 g/mol. The van der Waals surface area contributed by atoms with Crippen LogP contribution in [-0.2, 0) is 0 Å². The summed E-state index contributed by atoms with van der Waals surface area (Å²) in [5.74, 6) is 0. The van der Waals surface area contributed by atoms with Crippen LogP contribution in [0.4, 0.5) is 0 Å². The molecule has 1 atom stereocenters. The van der Waals surface area contributed by atoms with Crippen molar-refractivity contribution in [3.63, 3.8) is 0 Å². The van der Waals surface area contributed by atoms with E-state index in [0.717, 1.165) is 30.5 Å². The maximum atomic E-state index is 6.16. The number of aryl methyl sites for hydroxylation is 1. The van der Waals surface area contributed by atoms with Gasteiger partial charge in [0.2, 0.25) is 0 Å². The van der Waals surface area contributed by atoms with E-state index in [9.17, 15) is 0 Å². The van der Waals surface area contributed by atoms with Crippen molar-refractivity contribution in [2.75, 3.05) is 26.2 Å². The fourth-order valence-corrected chi connectivity index (χ4v) is 4.05. The number of hydrogen-bond donors (Lipinski definition) is 1. The van der Waals surface area contributed by atoms with Gasteiger partial charge in [0, 0.05) is 31.1 Å². The van der Waals surface area contributed by atoms with Gasteiger partial charge >= 0.3 is 0 Å². The molecule has 1 aromatic heterocycles. The van der Waals surface area contributed by atoms with Gasteiger partial charge in [-0.2, -0.15) is 0 Å². The lowest BCUT2D eigenvalue weighted by atomic mass is 9.98. The normalized spacial score (nSPS) is 18.1. The summed E-state index contributed by atoms with van der Waals surface area (Å²) in [5, 5.41) is 3.43. The summed E-state index contributed by atoms with van der Waals surface area (Å²) in [6, 6.07) is 13.2. The van der Waals surface area contributed by atoms with E-state index in [0.29, 0.717) is 6.04 Å². The molecular formula is C16H19ClN2S. The molecule has 0 amide bonds. The van der Waals surface area contributed by atoms with Crippen LogP contribution in [0.25, 0.3) is 0 Å². The number of piperazine rings is 1. The van der Waals surface area contributed by atoms with Crippen molar-refractivity contribution in [2.24, 2.45) is 0 Å². The quantitative estimate of drug-likeness (QED) is 0.930. The van der Waals surface area contributed by atoms with Gasteiger partial charge in [0.25, 0.3) is 0 Å². The van der Waals surface area contributed by atoms with Crippen molar-refractivity contribution in [1.29, 1.82) is 0 Å². The molecule has 0 radical (unpaired) electrons. The zero-order valence-electron chi connectivity index (χ0n) is 11.6. The Morgan fingerprint density at radius 2 is 1.90 bits per heavy atom. The first-order valence-corrected chi connectivity index (χ1v) is 8.20. The summed E-state index contributed by atoms with van der Waals surface area (Å²) in [7, 11) is 0. The number of halogens is 1. The van der Waals surface area contributed by atoms with Crippen LogP contribution < -0.4 is 5.32 Å². The fraction of sp³-hybridized carbons (Fsp3) is 0.375. The zero-order valence-corrected chi connectivity index (χ0v) is 13.2. The van der Waals surface area contributed by atoms with Crippen molar-refractivity contribution >= 4 is 22.9 Å². The van der Waals surface area contributed by atoms with Crippen LogP contribution in [0.1, 0.15) is 22.0 Å². The molecule has 1 aliphatic heterocycles. The number of nitrogens with zero attached hydrogens (tertiary/aromatic N) is 1. The second-order valence-corrected chi connectivity index (χ2v) is 6.93. The van der Waals surface area contributed by atoms with Gasteiger partial charge in [-0.05, 0) is 30.2 Å². The number of nitrogens with one attached hydrogen (secondary N) is 1. The van der Waals surface area contributed by atoms with E-state index in [1.807, 2.05) is 6.07 Å². The molecule has 2 nitrogen and oxygen atoms in total. The van der Waals surface area contributed by atoms with Crippen molar-refractivity contribution in [2.45, 2.75) is 13.0 Å². The minimum atomic E-state index is 0.329. The van der Waals surface area contributed by atoms with Crippen molar-refractivity contribution < 1.29 is 0 Å². The van der Waals surface area contributed by atoms with Gasteiger partial charge in [0.05, 0.1) is 10.4 Å². The average Bonchev–Trinajstić information content (AvgIpc) is 2.89. The van der Waals surface area contributed by atoms with Crippen LogP contribution in [0.5, 0.6) is 0 Å². The zero-order chi connectivity index (χ0) is 13.9. The van der Waals surface area contributed by atoms with Crippen molar-refractivity contribution in [3.05, 3.63) is 56.7 Å². The fourth-order valence-electron chi connectivity index (χ4n) is 2.84. The van der Waals surface area contributed by atoms with E-state index >= 15 is 0 Å². The molecule has 0 bridgehead atoms. The Labute approximate surface area is 129 Å². The molecule has 20 heavy (non-hydrogen) atoms. The van der Waals surface area contributed by atoms with Crippen LogP contribution in [0.2, 0.25) is 4.34 Å². The topological polar surface area (TPSA) is 15.3 Å². The highest BCUT2D eigenvalue weighted by Crippen LogP contribution is 2.36. The second kappa shape index (κ2) is 6.27. The first-order chi connectivity index (χ1) is 9.75. The molecule has 3 rings (SSSR count). The van der Waals surface area contributed by atoms with Gasteiger partial charge in [0.1, 0.15) is 0 Å². The Balaban J connectivity index is 2.01. The standard InChI is InChI=1S/C16H19ClN2S/c1-12-4-2-3-5-13(12)16(14-6-7-15(17)20-14)19-10-8-18-9-11-19/h2-7,16,18H,8-11H2,1H3. The first kappa shape index (κ1) is 14.1. The van der Waals surface area contributed by atoms with E-state index < -0.39 is 0 Å². The van der Waals surface area contributed by atoms with Crippen LogP contribution in [0.15, 0.2) is 36.4 Å². The minimum absolute atomic E-state index is 0.329. The van der Waals surface area contributed by atoms with Crippen molar-refractivity contribution in [1.82, 2.24) is 10.2 Å². The van der Waals surface area contributed by atoms with E-state index in [-0.39, 0.29) is 0 Å². The lowest BCUT2D eigenvalue weighted by molar-refractivity contribution is 0.200. The number of hydrogen-bond acceptors (Lipinski definition) is 3. The van der Waals surface area contributed by atoms with Crippen LogP contribution in [0, 0.1) is 6.92 Å². The monoisotopic (exact) mass is 306 g/mol. The molecule has 106 valence electrons. The molecule has 1 unspecified atom stereocenters. The molecule has 1 aromatic carbocycles. The third kappa shape index (κ3) is 2.91. The van der Waals surface area contributed by atoms with Gasteiger partial charge in [-0.3, -0.25) is 4.90 Å².